The van der Waals surface area contributed by atoms with Crippen LogP contribution in [0.1, 0.15) is 0 Å². The Hall–Kier alpha value is -0.775. The van der Waals surface area contributed by atoms with E-state index in [1.54, 1.807) is 24.3 Å². The number of hydrogen-bond acceptors (Lipinski definition) is 3. The Morgan fingerprint density at radius 2 is 1.10 bits per heavy atom. The largest absolute Gasteiger partial charge is 0.785 e. The van der Waals surface area contributed by atoms with Gasteiger partial charge in [-0.3, -0.25) is 0 Å². The molecule has 0 bridgehead atoms. The fourth-order valence-electron chi connectivity index (χ4n) is 1.36. The van der Waals surface area contributed by atoms with Crippen LogP contribution in [0, 0.1) is 0 Å². The SMILES string of the molecule is OB(Oc1ccc(Cl)c(Cl)c1)Oc1ccc(Cl)c(Cl)c1. The first-order valence-electron chi connectivity index (χ1n) is 5.37. The van der Waals surface area contributed by atoms with Crippen LogP contribution in [0.15, 0.2) is 36.4 Å². The van der Waals surface area contributed by atoms with Crippen LogP contribution in [0.25, 0.3) is 0 Å². The van der Waals surface area contributed by atoms with Gasteiger partial charge >= 0.3 is 7.32 Å². The zero-order valence-electron chi connectivity index (χ0n) is 9.82. The summed E-state index contributed by atoms with van der Waals surface area (Å²) in [5, 5.41) is 11.1. The van der Waals surface area contributed by atoms with E-state index in [1.807, 2.05) is 0 Å². The Morgan fingerprint density at radius 1 is 0.700 bits per heavy atom. The second-order valence-corrected chi connectivity index (χ2v) is 5.32. The molecule has 0 spiro atoms. The third kappa shape index (κ3) is 4.11. The highest BCUT2D eigenvalue weighted by atomic mass is 35.5. The molecule has 0 amide bonds. The summed E-state index contributed by atoms with van der Waals surface area (Å²) in [6.45, 7) is 0. The van der Waals surface area contributed by atoms with Gasteiger partial charge in [-0.05, 0) is 36.4 Å². The van der Waals surface area contributed by atoms with Gasteiger partial charge in [-0.25, -0.2) is 0 Å². The van der Waals surface area contributed by atoms with Crippen LogP contribution >= 0.6 is 46.4 Å². The molecule has 0 aromatic heterocycles. The lowest BCUT2D eigenvalue weighted by Crippen LogP contribution is -2.29. The molecular weight excluding hydrogens is 345 g/mol. The van der Waals surface area contributed by atoms with E-state index >= 15 is 0 Å². The number of halogens is 4. The molecular formula is C12H7BCl4O3. The summed E-state index contributed by atoms with van der Waals surface area (Å²) in [5.41, 5.74) is 0. The lowest BCUT2D eigenvalue weighted by atomic mass is 10.2. The van der Waals surface area contributed by atoms with Gasteiger partial charge in [0, 0.05) is 0 Å². The van der Waals surface area contributed by atoms with Crippen LogP contribution in [0.5, 0.6) is 11.5 Å². The Balaban J connectivity index is 2.02. The molecule has 0 saturated heterocycles. The summed E-state index contributed by atoms with van der Waals surface area (Å²) in [5.74, 6) is 0.624. The number of rotatable bonds is 4. The van der Waals surface area contributed by atoms with Gasteiger partial charge in [0.2, 0.25) is 0 Å². The van der Waals surface area contributed by atoms with Gasteiger partial charge < -0.3 is 14.3 Å². The van der Waals surface area contributed by atoms with Gasteiger partial charge in [-0.1, -0.05) is 46.4 Å². The topological polar surface area (TPSA) is 38.7 Å². The van der Waals surface area contributed by atoms with E-state index in [9.17, 15) is 5.02 Å². The minimum atomic E-state index is -1.52. The molecule has 8 heteroatoms. The van der Waals surface area contributed by atoms with Gasteiger partial charge in [0.1, 0.15) is 11.5 Å². The number of hydrogen-bond donors (Lipinski definition) is 1. The Bertz CT molecular complexity index is 570. The molecule has 2 rings (SSSR count). The normalized spacial score (nSPS) is 10.2. The van der Waals surface area contributed by atoms with Crippen molar-refractivity contribution in [3.05, 3.63) is 56.5 Å². The van der Waals surface area contributed by atoms with Crippen molar-refractivity contribution in [2.24, 2.45) is 0 Å². The fraction of sp³-hybridized carbons (Fsp3) is 0. The molecule has 1 N–H and O–H groups in total. The van der Waals surface area contributed by atoms with E-state index in [1.165, 1.54) is 12.1 Å². The fourth-order valence-corrected chi connectivity index (χ4v) is 1.93. The van der Waals surface area contributed by atoms with Crippen molar-refractivity contribution in [3.8, 4) is 11.5 Å². The van der Waals surface area contributed by atoms with Crippen molar-refractivity contribution in [2.75, 3.05) is 0 Å². The molecule has 0 fully saturated rings. The zero-order valence-corrected chi connectivity index (χ0v) is 12.8. The average Bonchev–Trinajstić information content (AvgIpc) is 2.38. The van der Waals surface area contributed by atoms with Crippen molar-refractivity contribution in [1.29, 1.82) is 0 Å². The lowest BCUT2D eigenvalue weighted by molar-refractivity contribution is 0.298. The predicted molar refractivity (Wildman–Crippen MR) is 82.2 cm³/mol. The first kappa shape index (κ1) is 15.6. The summed E-state index contributed by atoms with van der Waals surface area (Å²) in [6.07, 6.45) is 0. The van der Waals surface area contributed by atoms with Crippen LogP contribution in [0.3, 0.4) is 0 Å². The Labute approximate surface area is 136 Å². The van der Waals surface area contributed by atoms with Gasteiger partial charge in [-0.2, -0.15) is 0 Å². The molecule has 2 aromatic rings. The molecule has 0 unspecified atom stereocenters. The van der Waals surface area contributed by atoms with E-state index in [4.69, 9.17) is 55.7 Å². The quantitative estimate of drug-likeness (QED) is 0.809. The minimum Gasteiger partial charge on any atom is -0.501 e. The van der Waals surface area contributed by atoms with Crippen molar-refractivity contribution >= 4 is 53.7 Å². The third-order valence-corrected chi connectivity index (χ3v) is 3.73. The van der Waals surface area contributed by atoms with E-state index in [2.05, 4.69) is 0 Å². The molecule has 0 aliphatic carbocycles. The molecule has 0 heterocycles. The highest BCUT2D eigenvalue weighted by molar-refractivity contribution is 6.43. The molecule has 3 nitrogen and oxygen atoms in total. The van der Waals surface area contributed by atoms with Crippen LogP contribution in [-0.2, 0) is 0 Å². The zero-order chi connectivity index (χ0) is 14.7. The molecule has 0 aliphatic rings. The second kappa shape index (κ2) is 6.79. The van der Waals surface area contributed by atoms with Crippen LogP contribution in [-0.4, -0.2) is 12.3 Å². The summed E-state index contributed by atoms with van der Waals surface area (Å²) in [7, 11) is -1.52. The van der Waals surface area contributed by atoms with Crippen LogP contribution < -0.4 is 9.31 Å². The molecule has 20 heavy (non-hydrogen) atoms. The van der Waals surface area contributed by atoms with E-state index < -0.39 is 7.32 Å². The highest BCUT2D eigenvalue weighted by Crippen LogP contribution is 2.28. The first-order valence-corrected chi connectivity index (χ1v) is 6.88. The molecule has 0 atom stereocenters. The average molecular weight is 352 g/mol. The van der Waals surface area contributed by atoms with Gasteiger partial charge in [0.25, 0.3) is 0 Å². The first-order chi connectivity index (χ1) is 9.45. The van der Waals surface area contributed by atoms with Crippen molar-refractivity contribution in [3.63, 3.8) is 0 Å². The number of benzene rings is 2. The van der Waals surface area contributed by atoms with Crippen molar-refractivity contribution in [2.45, 2.75) is 0 Å². The summed E-state index contributed by atoms with van der Waals surface area (Å²) in [6, 6.07) is 9.12. The Kier molecular flexibility index (Phi) is 5.30. The van der Waals surface area contributed by atoms with E-state index in [-0.39, 0.29) is 0 Å². The summed E-state index contributed by atoms with van der Waals surface area (Å²) < 4.78 is 10.3. The van der Waals surface area contributed by atoms with Crippen molar-refractivity contribution in [1.82, 2.24) is 0 Å². The molecule has 2 aromatic carbocycles. The smallest absolute Gasteiger partial charge is 0.501 e. The third-order valence-electron chi connectivity index (χ3n) is 2.26. The van der Waals surface area contributed by atoms with Gasteiger partial charge in [0.15, 0.2) is 0 Å². The van der Waals surface area contributed by atoms with Gasteiger partial charge in [0.05, 0.1) is 20.1 Å². The predicted octanol–water partition coefficient (Wildman–Crippen LogP) is 4.74. The van der Waals surface area contributed by atoms with E-state index in [0.29, 0.717) is 31.6 Å². The maximum Gasteiger partial charge on any atom is 0.785 e. The summed E-state index contributed by atoms with van der Waals surface area (Å²) >= 11 is 23.2. The van der Waals surface area contributed by atoms with E-state index in [0.717, 1.165) is 0 Å². The highest BCUT2D eigenvalue weighted by Gasteiger charge is 2.22. The second-order valence-electron chi connectivity index (χ2n) is 3.69. The minimum absolute atomic E-state index is 0.311. The molecule has 0 aliphatic heterocycles. The molecule has 0 radical (unpaired) electrons. The lowest BCUT2D eigenvalue weighted by Gasteiger charge is -2.12. The Morgan fingerprint density at radius 3 is 1.45 bits per heavy atom. The van der Waals surface area contributed by atoms with Crippen LogP contribution in [0.4, 0.5) is 0 Å². The standard InChI is InChI=1S/C12H7BCl4O3/c14-9-3-1-7(5-11(9)16)19-13(18)20-8-2-4-10(15)12(17)6-8/h1-6,18H. The van der Waals surface area contributed by atoms with Gasteiger partial charge in [-0.15, -0.1) is 0 Å². The van der Waals surface area contributed by atoms with Crippen molar-refractivity contribution < 1.29 is 14.3 Å². The maximum absolute atomic E-state index is 9.68. The molecule has 0 saturated carbocycles. The maximum atomic E-state index is 9.68. The van der Waals surface area contributed by atoms with Crippen LogP contribution in [0.2, 0.25) is 20.1 Å². The molecule has 104 valence electrons. The monoisotopic (exact) mass is 350 g/mol. The summed E-state index contributed by atoms with van der Waals surface area (Å²) in [4.78, 5) is 0.